The monoisotopic (exact) mass is 345 g/mol. The van der Waals surface area contributed by atoms with Crippen LogP contribution in [0.2, 0.25) is 0 Å². The summed E-state index contributed by atoms with van der Waals surface area (Å²) in [5.74, 6) is 2.47. The average Bonchev–Trinajstić information content (AvgIpc) is 3.10. The van der Waals surface area contributed by atoms with Gasteiger partial charge in [-0.15, -0.1) is 12.4 Å². The zero-order chi connectivity index (χ0) is 15.5. The van der Waals surface area contributed by atoms with Crippen LogP contribution in [0, 0.1) is 0 Å². The molecule has 1 saturated heterocycles. The molecule has 0 radical (unpaired) electrons. The van der Waals surface area contributed by atoms with E-state index in [0.717, 1.165) is 24.5 Å². The number of halogens is 1. The van der Waals surface area contributed by atoms with E-state index in [1.807, 2.05) is 6.07 Å². The third kappa shape index (κ3) is 3.85. The van der Waals surface area contributed by atoms with Crippen LogP contribution < -0.4 is 9.47 Å². The molecule has 0 spiro atoms. The molecule has 1 unspecified atom stereocenters. The zero-order valence-corrected chi connectivity index (χ0v) is 14.6. The first kappa shape index (κ1) is 17.1. The van der Waals surface area contributed by atoms with Gasteiger partial charge in [0.1, 0.15) is 13.2 Å². The van der Waals surface area contributed by atoms with Crippen molar-refractivity contribution in [1.29, 1.82) is 0 Å². The SMILES string of the molecule is Cl.c1ccc(C2CCN(CCc3ccc4c(c3)OCCO4)C2)cc1. The van der Waals surface area contributed by atoms with Gasteiger partial charge in [-0.3, -0.25) is 0 Å². The van der Waals surface area contributed by atoms with Crippen molar-refractivity contribution in [3.8, 4) is 11.5 Å². The molecule has 4 rings (SSSR count). The predicted molar refractivity (Wildman–Crippen MR) is 98.6 cm³/mol. The molecule has 2 heterocycles. The Morgan fingerprint density at radius 2 is 1.75 bits per heavy atom. The minimum Gasteiger partial charge on any atom is -0.486 e. The molecule has 1 fully saturated rings. The molecule has 2 aromatic rings. The Morgan fingerprint density at radius 1 is 0.958 bits per heavy atom. The number of ether oxygens (including phenoxy) is 2. The first-order valence-electron chi connectivity index (χ1n) is 8.54. The fourth-order valence-electron chi connectivity index (χ4n) is 3.56. The number of hydrogen-bond donors (Lipinski definition) is 0. The third-order valence-electron chi connectivity index (χ3n) is 4.87. The quantitative estimate of drug-likeness (QED) is 0.838. The first-order valence-corrected chi connectivity index (χ1v) is 8.54. The molecule has 0 aliphatic carbocycles. The van der Waals surface area contributed by atoms with Crippen LogP contribution in [0.5, 0.6) is 11.5 Å². The van der Waals surface area contributed by atoms with Crippen molar-refractivity contribution in [2.45, 2.75) is 18.8 Å². The van der Waals surface area contributed by atoms with Gasteiger partial charge in [-0.25, -0.2) is 0 Å². The molecule has 1 atom stereocenters. The van der Waals surface area contributed by atoms with E-state index in [9.17, 15) is 0 Å². The van der Waals surface area contributed by atoms with Crippen LogP contribution in [-0.4, -0.2) is 37.7 Å². The van der Waals surface area contributed by atoms with E-state index in [4.69, 9.17) is 9.47 Å². The third-order valence-corrected chi connectivity index (χ3v) is 4.87. The number of likely N-dealkylation sites (tertiary alicyclic amines) is 1. The molecule has 2 aliphatic rings. The van der Waals surface area contributed by atoms with E-state index >= 15 is 0 Å². The molecule has 4 heteroatoms. The Labute approximate surface area is 150 Å². The predicted octanol–water partition coefficient (Wildman–Crippen LogP) is 3.91. The number of nitrogens with zero attached hydrogens (tertiary/aromatic N) is 1. The smallest absolute Gasteiger partial charge is 0.161 e. The van der Waals surface area contributed by atoms with Crippen LogP contribution in [0.3, 0.4) is 0 Å². The van der Waals surface area contributed by atoms with E-state index in [2.05, 4.69) is 47.4 Å². The Balaban J connectivity index is 0.00000169. The molecule has 0 amide bonds. The molecular weight excluding hydrogens is 322 g/mol. The number of rotatable bonds is 4. The molecule has 0 saturated carbocycles. The maximum Gasteiger partial charge on any atom is 0.161 e. The number of fused-ring (bicyclic) bond motifs is 1. The minimum absolute atomic E-state index is 0. The lowest BCUT2D eigenvalue weighted by molar-refractivity contribution is 0.171. The standard InChI is InChI=1S/C20H23NO2.ClH/c1-2-4-17(5-3-1)18-9-11-21(15-18)10-8-16-6-7-19-20(14-16)23-13-12-22-19;/h1-7,14,18H,8-13,15H2;1H. The summed E-state index contributed by atoms with van der Waals surface area (Å²) in [6, 6.07) is 17.3. The highest BCUT2D eigenvalue weighted by molar-refractivity contribution is 5.85. The van der Waals surface area contributed by atoms with Gasteiger partial charge < -0.3 is 14.4 Å². The van der Waals surface area contributed by atoms with Crippen LogP contribution in [0.4, 0.5) is 0 Å². The van der Waals surface area contributed by atoms with Gasteiger partial charge in [0.2, 0.25) is 0 Å². The molecule has 0 aromatic heterocycles. The van der Waals surface area contributed by atoms with Gasteiger partial charge in [-0.2, -0.15) is 0 Å². The molecule has 128 valence electrons. The lowest BCUT2D eigenvalue weighted by atomic mass is 9.99. The second-order valence-electron chi connectivity index (χ2n) is 6.42. The second kappa shape index (κ2) is 7.91. The van der Waals surface area contributed by atoms with Crippen LogP contribution in [-0.2, 0) is 6.42 Å². The lowest BCUT2D eigenvalue weighted by Gasteiger charge is -2.20. The van der Waals surface area contributed by atoms with Crippen molar-refractivity contribution in [2.75, 3.05) is 32.8 Å². The van der Waals surface area contributed by atoms with Crippen molar-refractivity contribution < 1.29 is 9.47 Å². The van der Waals surface area contributed by atoms with Gasteiger partial charge in [0.05, 0.1) is 0 Å². The molecule has 3 nitrogen and oxygen atoms in total. The summed E-state index contributed by atoms with van der Waals surface area (Å²) in [5.41, 5.74) is 2.81. The highest BCUT2D eigenvalue weighted by Crippen LogP contribution is 2.31. The molecule has 2 aliphatic heterocycles. The number of benzene rings is 2. The van der Waals surface area contributed by atoms with Crippen molar-refractivity contribution >= 4 is 12.4 Å². The average molecular weight is 346 g/mol. The first-order chi connectivity index (χ1) is 11.4. The van der Waals surface area contributed by atoms with E-state index in [0.29, 0.717) is 19.1 Å². The Morgan fingerprint density at radius 3 is 2.58 bits per heavy atom. The van der Waals surface area contributed by atoms with Crippen molar-refractivity contribution in [3.63, 3.8) is 0 Å². The fraction of sp³-hybridized carbons (Fsp3) is 0.400. The summed E-state index contributed by atoms with van der Waals surface area (Å²) < 4.78 is 11.3. The normalized spacial score (nSPS) is 19.8. The van der Waals surface area contributed by atoms with Gasteiger partial charge in [0, 0.05) is 13.1 Å². The summed E-state index contributed by atoms with van der Waals surface area (Å²) in [6.45, 7) is 4.80. The summed E-state index contributed by atoms with van der Waals surface area (Å²) in [6.07, 6.45) is 2.34. The Bertz CT molecular complexity index is 662. The van der Waals surface area contributed by atoms with Gasteiger partial charge in [-0.05, 0) is 48.6 Å². The summed E-state index contributed by atoms with van der Waals surface area (Å²) in [5, 5.41) is 0. The fourth-order valence-corrected chi connectivity index (χ4v) is 3.56. The van der Waals surface area contributed by atoms with Gasteiger partial charge in [-0.1, -0.05) is 36.4 Å². The number of hydrogen-bond acceptors (Lipinski definition) is 3. The molecule has 0 N–H and O–H groups in total. The summed E-state index contributed by atoms with van der Waals surface area (Å²) >= 11 is 0. The van der Waals surface area contributed by atoms with E-state index in [1.54, 1.807) is 0 Å². The van der Waals surface area contributed by atoms with Crippen LogP contribution in [0.1, 0.15) is 23.5 Å². The van der Waals surface area contributed by atoms with Gasteiger partial charge in [0.15, 0.2) is 11.5 Å². The topological polar surface area (TPSA) is 21.7 Å². The zero-order valence-electron chi connectivity index (χ0n) is 13.8. The highest BCUT2D eigenvalue weighted by Gasteiger charge is 2.23. The van der Waals surface area contributed by atoms with Crippen LogP contribution >= 0.6 is 12.4 Å². The second-order valence-corrected chi connectivity index (χ2v) is 6.42. The molecule has 0 bridgehead atoms. The molecule has 2 aromatic carbocycles. The van der Waals surface area contributed by atoms with Gasteiger partial charge in [0.25, 0.3) is 0 Å². The van der Waals surface area contributed by atoms with E-state index in [-0.39, 0.29) is 12.4 Å². The van der Waals surface area contributed by atoms with Crippen molar-refractivity contribution in [1.82, 2.24) is 4.90 Å². The molecular formula is C20H24ClNO2. The summed E-state index contributed by atoms with van der Waals surface area (Å²) in [4.78, 5) is 2.58. The largest absolute Gasteiger partial charge is 0.486 e. The van der Waals surface area contributed by atoms with E-state index < -0.39 is 0 Å². The van der Waals surface area contributed by atoms with Gasteiger partial charge >= 0.3 is 0 Å². The minimum atomic E-state index is 0. The Hall–Kier alpha value is -1.71. The van der Waals surface area contributed by atoms with Crippen LogP contribution in [0.15, 0.2) is 48.5 Å². The Kier molecular flexibility index (Phi) is 5.64. The highest BCUT2D eigenvalue weighted by atomic mass is 35.5. The lowest BCUT2D eigenvalue weighted by Crippen LogP contribution is -2.23. The maximum atomic E-state index is 5.67. The van der Waals surface area contributed by atoms with Crippen molar-refractivity contribution in [2.24, 2.45) is 0 Å². The van der Waals surface area contributed by atoms with Crippen molar-refractivity contribution in [3.05, 3.63) is 59.7 Å². The van der Waals surface area contributed by atoms with E-state index in [1.165, 1.54) is 30.6 Å². The molecule has 24 heavy (non-hydrogen) atoms. The maximum absolute atomic E-state index is 5.67. The summed E-state index contributed by atoms with van der Waals surface area (Å²) in [7, 11) is 0. The van der Waals surface area contributed by atoms with Crippen LogP contribution in [0.25, 0.3) is 0 Å².